The average molecular weight is 239 g/mol. The summed E-state index contributed by atoms with van der Waals surface area (Å²) < 4.78 is 12.8. The summed E-state index contributed by atoms with van der Waals surface area (Å²) in [4.78, 5) is 11.5. The van der Waals surface area contributed by atoms with Crippen LogP contribution in [-0.4, -0.2) is 19.1 Å². The molecule has 4 nitrogen and oxygen atoms in total. The number of halogens is 1. The highest BCUT2D eigenvalue weighted by atomic mass is 19.1. The summed E-state index contributed by atoms with van der Waals surface area (Å²) in [6, 6.07) is 5.43. The first-order valence-electron chi connectivity index (χ1n) is 5.62. The van der Waals surface area contributed by atoms with Gasteiger partial charge in [0.05, 0.1) is 0 Å². The SMILES string of the molecule is CC(CCN)CNC(=O)Nc1cccc(F)c1. The zero-order valence-electron chi connectivity index (χ0n) is 9.87. The van der Waals surface area contributed by atoms with Gasteiger partial charge in [-0.15, -0.1) is 0 Å². The smallest absolute Gasteiger partial charge is 0.319 e. The second kappa shape index (κ2) is 6.85. The molecule has 17 heavy (non-hydrogen) atoms. The molecular weight excluding hydrogens is 221 g/mol. The molecule has 0 fully saturated rings. The zero-order valence-corrected chi connectivity index (χ0v) is 9.87. The fourth-order valence-corrected chi connectivity index (χ4v) is 1.40. The van der Waals surface area contributed by atoms with Crippen molar-refractivity contribution >= 4 is 11.7 Å². The van der Waals surface area contributed by atoms with Gasteiger partial charge in [0.2, 0.25) is 0 Å². The fourth-order valence-electron chi connectivity index (χ4n) is 1.40. The van der Waals surface area contributed by atoms with Crippen molar-refractivity contribution in [3.05, 3.63) is 30.1 Å². The fraction of sp³-hybridized carbons (Fsp3) is 0.417. The van der Waals surface area contributed by atoms with Crippen molar-refractivity contribution in [2.45, 2.75) is 13.3 Å². The van der Waals surface area contributed by atoms with E-state index in [1.165, 1.54) is 12.1 Å². The van der Waals surface area contributed by atoms with Crippen molar-refractivity contribution in [2.24, 2.45) is 11.7 Å². The minimum absolute atomic E-state index is 0.332. The topological polar surface area (TPSA) is 67.1 Å². The van der Waals surface area contributed by atoms with Gasteiger partial charge in [0.25, 0.3) is 0 Å². The molecule has 0 bridgehead atoms. The van der Waals surface area contributed by atoms with Crippen LogP contribution in [0.4, 0.5) is 14.9 Å². The van der Waals surface area contributed by atoms with Crippen LogP contribution in [0.5, 0.6) is 0 Å². The van der Waals surface area contributed by atoms with E-state index in [4.69, 9.17) is 5.73 Å². The summed E-state index contributed by atoms with van der Waals surface area (Å²) in [5, 5.41) is 5.27. The minimum Gasteiger partial charge on any atom is -0.338 e. The number of carbonyl (C=O) groups is 1. The molecule has 4 N–H and O–H groups in total. The van der Waals surface area contributed by atoms with E-state index >= 15 is 0 Å². The third-order valence-corrected chi connectivity index (χ3v) is 2.35. The number of benzene rings is 1. The summed E-state index contributed by atoms with van der Waals surface area (Å²) in [5.74, 6) is -0.0439. The highest BCUT2D eigenvalue weighted by molar-refractivity contribution is 5.89. The second-order valence-electron chi connectivity index (χ2n) is 4.03. The average Bonchev–Trinajstić information content (AvgIpc) is 2.27. The predicted molar refractivity (Wildman–Crippen MR) is 66.3 cm³/mol. The number of amides is 2. The quantitative estimate of drug-likeness (QED) is 0.735. The first kappa shape index (κ1) is 13.4. The molecule has 0 radical (unpaired) electrons. The third kappa shape index (κ3) is 5.31. The van der Waals surface area contributed by atoms with E-state index in [0.29, 0.717) is 24.7 Å². The van der Waals surface area contributed by atoms with Crippen molar-refractivity contribution in [1.82, 2.24) is 5.32 Å². The molecule has 1 atom stereocenters. The van der Waals surface area contributed by atoms with Gasteiger partial charge in [0.1, 0.15) is 5.82 Å². The first-order valence-corrected chi connectivity index (χ1v) is 5.62. The highest BCUT2D eigenvalue weighted by Gasteiger charge is 2.05. The number of carbonyl (C=O) groups excluding carboxylic acids is 1. The Bertz CT molecular complexity index is 371. The zero-order chi connectivity index (χ0) is 12.7. The van der Waals surface area contributed by atoms with E-state index in [1.54, 1.807) is 12.1 Å². The van der Waals surface area contributed by atoms with Crippen molar-refractivity contribution in [3.8, 4) is 0 Å². The summed E-state index contributed by atoms with van der Waals surface area (Å²) in [6.07, 6.45) is 0.861. The maximum atomic E-state index is 12.8. The predicted octanol–water partition coefficient (Wildman–Crippen LogP) is 1.93. The van der Waals surface area contributed by atoms with Gasteiger partial charge < -0.3 is 16.4 Å². The Hall–Kier alpha value is -1.62. The summed E-state index contributed by atoms with van der Waals surface area (Å²) in [5.41, 5.74) is 5.84. The number of hydrogen-bond donors (Lipinski definition) is 3. The lowest BCUT2D eigenvalue weighted by molar-refractivity contribution is 0.250. The molecule has 0 aliphatic carbocycles. The third-order valence-electron chi connectivity index (χ3n) is 2.35. The number of nitrogens with one attached hydrogen (secondary N) is 2. The number of nitrogens with two attached hydrogens (primary N) is 1. The Morgan fingerprint density at radius 2 is 2.29 bits per heavy atom. The molecule has 1 rings (SSSR count). The van der Waals surface area contributed by atoms with Gasteiger partial charge >= 0.3 is 6.03 Å². The first-order chi connectivity index (χ1) is 8.11. The Balaban J connectivity index is 2.34. The van der Waals surface area contributed by atoms with Gasteiger partial charge in [-0.3, -0.25) is 0 Å². The maximum absolute atomic E-state index is 12.8. The molecule has 2 amide bonds. The normalized spacial score (nSPS) is 11.9. The molecule has 0 aliphatic heterocycles. The van der Waals surface area contributed by atoms with Gasteiger partial charge in [-0.2, -0.15) is 0 Å². The Morgan fingerprint density at radius 3 is 2.94 bits per heavy atom. The number of rotatable bonds is 5. The van der Waals surface area contributed by atoms with Gasteiger partial charge in [-0.25, -0.2) is 9.18 Å². The van der Waals surface area contributed by atoms with Crippen LogP contribution in [0, 0.1) is 11.7 Å². The van der Waals surface area contributed by atoms with E-state index in [-0.39, 0.29) is 11.8 Å². The van der Waals surface area contributed by atoms with Gasteiger partial charge in [0.15, 0.2) is 0 Å². The molecule has 0 saturated heterocycles. The van der Waals surface area contributed by atoms with Crippen LogP contribution in [0.1, 0.15) is 13.3 Å². The standard InChI is InChI=1S/C12H18FN3O/c1-9(5-6-14)8-15-12(17)16-11-4-2-3-10(13)7-11/h2-4,7,9H,5-6,8,14H2,1H3,(H2,15,16,17). The van der Waals surface area contributed by atoms with E-state index in [0.717, 1.165) is 6.42 Å². The van der Waals surface area contributed by atoms with Crippen molar-refractivity contribution < 1.29 is 9.18 Å². The summed E-state index contributed by atoms with van der Waals surface area (Å²) in [6.45, 7) is 3.17. The van der Waals surface area contributed by atoms with E-state index in [2.05, 4.69) is 10.6 Å². The van der Waals surface area contributed by atoms with Crippen LogP contribution >= 0.6 is 0 Å². The van der Waals surface area contributed by atoms with Gasteiger partial charge in [-0.05, 0) is 37.1 Å². The van der Waals surface area contributed by atoms with Gasteiger partial charge in [0, 0.05) is 12.2 Å². The molecule has 0 heterocycles. The molecule has 0 aromatic heterocycles. The molecule has 0 spiro atoms. The van der Waals surface area contributed by atoms with Crippen LogP contribution in [0.15, 0.2) is 24.3 Å². The molecule has 5 heteroatoms. The van der Waals surface area contributed by atoms with Crippen LogP contribution in [0.25, 0.3) is 0 Å². The Morgan fingerprint density at radius 1 is 1.53 bits per heavy atom. The Kier molecular flexibility index (Phi) is 5.42. The number of anilines is 1. The summed E-state index contributed by atoms with van der Waals surface area (Å²) in [7, 11) is 0. The molecule has 1 aromatic rings. The molecule has 1 unspecified atom stereocenters. The van der Waals surface area contributed by atoms with E-state index in [1.807, 2.05) is 6.92 Å². The lowest BCUT2D eigenvalue weighted by atomic mass is 10.1. The van der Waals surface area contributed by atoms with Crippen LogP contribution < -0.4 is 16.4 Å². The van der Waals surface area contributed by atoms with Crippen LogP contribution in [0.3, 0.4) is 0 Å². The van der Waals surface area contributed by atoms with Gasteiger partial charge in [-0.1, -0.05) is 13.0 Å². The van der Waals surface area contributed by atoms with Crippen molar-refractivity contribution in [3.63, 3.8) is 0 Å². The van der Waals surface area contributed by atoms with Crippen LogP contribution in [-0.2, 0) is 0 Å². The monoisotopic (exact) mass is 239 g/mol. The maximum Gasteiger partial charge on any atom is 0.319 e. The molecular formula is C12H18FN3O. The molecule has 0 aliphatic rings. The highest BCUT2D eigenvalue weighted by Crippen LogP contribution is 2.08. The largest absolute Gasteiger partial charge is 0.338 e. The van der Waals surface area contributed by atoms with E-state index < -0.39 is 0 Å². The Labute approximate surface area is 100 Å². The minimum atomic E-state index is -0.376. The molecule has 94 valence electrons. The van der Waals surface area contributed by atoms with Crippen molar-refractivity contribution in [2.75, 3.05) is 18.4 Å². The number of urea groups is 1. The molecule has 0 saturated carbocycles. The molecule has 1 aromatic carbocycles. The lowest BCUT2D eigenvalue weighted by Crippen LogP contribution is -2.32. The van der Waals surface area contributed by atoms with Crippen LogP contribution in [0.2, 0.25) is 0 Å². The van der Waals surface area contributed by atoms with Crippen molar-refractivity contribution in [1.29, 1.82) is 0 Å². The van der Waals surface area contributed by atoms with E-state index in [9.17, 15) is 9.18 Å². The number of hydrogen-bond acceptors (Lipinski definition) is 2. The lowest BCUT2D eigenvalue weighted by Gasteiger charge is -2.12. The second-order valence-corrected chi connectivity index (χ2v) is 4.03. The summed E-state index contributed by atoms with van der Waals surface area (Å²) >= 11 is 0.